The molecule has 0 fully saturated rings. The van der Waals surface area contributed by atoms with Gasteiger partial charge in [0.15, 0.2) is 16.6 Å². The Balaban J connectivity index is 1.43. The molecule has 6 rings (SSSR count). The van der Waals surface area contributed by atoms with E-state index in [1.807, 2.05) is 30.0 Å². The first-order valence-electron chi connectivity index (χ1n) is 15.5. The molecule has 1 aliphatic heterocycles. The van der Waals surface area contributed by atoms with Gasteiger partial charge < -0.3 is 14.8 Å². The summed E-state index contributed by atoms with van der Waals surface area (Å²) in [5.41, 5.74) is 3.23. The molecule has 1 aliphatic rings. The zero-order valence-electron chi connectivity index (χ0n) is 26.2. The van der Waals surface area contributed by atoms with Gasteiger partial charge in [0.1, 0.15) is 16.6 Å². The maximum Gasteiger partial charge on any atom is 0.303 e. The summed E-state index contributed by atoms with van der Waals surface area (Å²) in [5.74, 6) is 0.422. The van der Waals surface area contributed by atoms with Gasteiger partial charge in [-0.25, -0.2) is 8.78 Å². The van der Waals surface area contributed by atoms with Crippen LogP contribution >= 0.6 is 23.1 Å². The Morgan fingerprint density at radius 1 is 1.04 bits per heavy atom. The Bertz CT molecular complexity index is 1890. The summed E-state index contributed by atoms with van der Waals surface area (Å²) < 4.78 is 37.1. The van der Waals surface area contributed by atoms with Crippen LogP contribution in [0.4, 0.5) is 8.78 Å². The number of nitrogens with one attached hydrogen (secondary N) is 1. The summed E-state index contributed by atoms with van der Waals surface area (Å²) in [6.45, 7) is 6.70. The number of aromatic nitrogens is 3. The minimum absolute atomic E-state index is 0.0527. The maximum atomic E-state index is 15.5. The smallest absolute Gasteiger partial charge is 0.303 e. The summed E-state index contributed by atoms with van der Waals surface area (Å²) in [4.78, 5) is 14.4. The number of thioether (sulfide) groups is 1. The molecule has 0 saturated heterocycles. The zero-order valence-corrected chi connectivity index (χ0v) is 27.8. The number of hydrogen-bond donors (Lipinski definition) is 2. The topological polar surface area (TPSA) is 88.1 Å². The molecule has 6 nitrogen and oxygen atoms in total. The number of hydrogen-bond acceptors (Lipinski definition) is 6. The number of rotatable bonds is 4. The number of aliphatic carboxylic acids is 1. The number of carboxylic acids is 1. The lowest BCUT2D eigenvalue weighted by Crippen LogP contribution is -2.25. The van der Waals surface area contributed by atoms with Crippen molar-refractivity contribution in [3.63, 3.8) is 0 Å². The number of fused-ring (bicyclic) bond motifs is 8. The van der Waals surface area contributed by atoms with Crippen molar-refractivity contribution in [1.82, 2.24) is 15.2 Å². The van der Waals surface area contributed by atoms with Gasteiger partial charge in [0.25, 0.3) is 0 Å². The predicted molar refractivity (Wildman–Crippen MR) is 181 cm³/mol. The number of carbonyl (C=O) groups is 1. The molecule has 0 unspecified atom stereocenters. The minimum atomic E-state index is -0.834. The van der Waals surface area contributed by atoms with Gasteiger partial charge in [-0.1, -0.05) is 55.9 Å². The number of nitrogens with zero attached hydrogens (tertiary/aromatic N) is 2. The van der Waals surface area contributed by atoms with E-state index in [0.29, 0.717) is 29.1 Å². The molecule has 0 spiro atoms. The van der Waals surface area contributed by atoms with Gasteiger partial charge in [-0.05, 0) is 84.9 Å². The molecular weight excluding hydrogens is 625 g/mol. The number of halogens is 2. The van der Waals surface area contributed by atoms with Crippen LogP contribution in [0, 0.1) is 17.0 Å². The van der Waals surface area contributed by atoms with Crippen molar-refractivity contribution in [1.29, 1.82) is 0 Å². The molecule has 10 heteroatoms. The van der Waals surface area contributed by atoms with Crippen molar-refractivity contribution in [2.24, 2.45) is 5.41 Å². The van der Waals surface area contributed by atoms with Gasteiger partial charge in [-0.15, -0.1) is 10.2 Å². The third kappa shape index (κ3) is 6.83. The van der Waals surface area contributed by atoms with Crippen LogP contribution in [0.3, 0.4) is 0 Å². The molecule has 4 bridgehead atoms. The molecule has 0 radical (unpaired) electrons. The van der Waals surface area contributed by atoms with E-state index in [1.54, 1.807) is 12.3 Å². The second kappa shape index (κ2) is 13.2. The van der Waals surface area contributed by atoms with Crippen LogP contribution in [0.15, 0.2) is 60.8 Å². The SMILES string of the molecule is CC1(C)CCC[C@](C)(c2cccc(CCC(=O)O)c2)c2nnc(s2)-c2cc(ccc2F)Oc2c(F)cc3[nH]ccc3c2CCSC1. The molecule has 0 saturated carbocycles. The summed E-state index contributed by atoms with van der Waals surface area (Å²) in [5, 5.41) is 20.4. The number of aryl methyl sites for hydroxylation is 2. The molecule has 1 atom stereocenters. The Morgan fingerprint density at radius 2 is 1.89 bits per heavy atom. The van der Waals surface area contributed by atoms with Crippen LogP contribution in [0.25, 0.3) is 21.5 Å². The second-order valence-corrected chi connectivity index (χ2v) is 15.1. The van der Waals surface area contributed by atoms with Crippen LogP contribution in [0.1, 0.15) is 68.2 Å². The highest BCUT2D eigenvalue weighted by Crippen LogP contribution is 2.44. The highest BCUT2D eigenvalue weighted by molar-refractivity contribution is 7.99. The first-order valence-corrected chi connectivity index (χ1v) is 17.5. The van der Waals surface area contributed by atoms with Gasteiger partial charge in [0, 0.05) is 40.6 Å². The van der Waals surface area contributed by atoms with E-state index in [9.17, 15) is 9.90 Å². The van der Waals surface area contributed by atoms with Crippen molar-refractivity contribution in [2.45, 2.75) is 64.7 Å². The third-order valence-corrected chi connectivity index (χ3v) is 11.6. The van der Waals surface area contributed by atoms with Crippen molar-refractivity contribution in [3.05, 3.63) is 94.1 Å². The monoisotopic (exact) mass is 661 g/mol. The van der Waals surface area contributed by atoms with E-state index in [0.717, 1.165) is 57.9 Å². The number of benzene rings is 3. The van der Waals surface area contributed by atoms with Crippen molar-refractivity contribution >= 4 is 40.0 Å². The fourth-order valence-electron chi connectivity index (χ4n) is 6.20. The maximum absolute atomic E-state index is 15.5. The van der Waals surface area contributed by atoms with Gasteiger partial charge in [-0.2, -0.15) is 11.8 Å². The van der Waals surface area contributed by atoms with E-state index in [4.69, 9.17) is 4.74 Å². The highest BCUT2D eigenvalue weighted by atomic mass is 32.2. The van der Waals surface area contributed by atoms with Crippen LogP contribution in [-0.4, -0.2) is 37.8 Å². The Kier molecular flexibility index (Phi) is 9.21. The molecule has 2 N–H and O–H groups in total. The predicted octanol–water partition coefficient (Wildman–Crippen LogP) is 9.57. The largest absolute Gasteiger partial charge is 0.481 e. The fourth-order valence-corrected chi connectivity index (χ4v) is 8.45. The first-order chi connectivity index (χ1) is 22.0. The van der Waals surface area contributed by atoms with Crippen LogP contribution in [0.5, 0.6) is 11.5 Å². The van der Waals surface area contributed by atoms with Crippen molar-refractivity contribution < 1.29 is 23.4 Å². The first kappa shape index (κ1) is 32.2. The van der Waals surface area contributed by atoms with Crippen molar-refractivity contribution in [2.75, 3.05) is 11.5 Å². The molecule has 3 heterocycles. The molecule has 0 aliphatic carbocycles. The van der Waals surface area contributed by atoms with Gasteiger partial charge in [0.05, 0.1) is 5.56 Å². The summed E-state index contributed by atoms with van der Waals surface area (Å²) >= 11 is 3.19. The summed E-state index contributed by atoms with van der Waals surface area (Å²) in [6, 6.07) is 15.8. The van der Waals surface area contributed by atoms with Crippen LogP contribution in [-0.2, 0) is 23.1 Å². The van der Waals surface area contributed by atoms with Crippen LogP contribution < -0.4 is 4.74 Å². The van der Waals surface area contributed by atoms with Crippen molar-refractivity contribution in [3.8, 4) is 22.1 Å². The number of aromatic amines is 1. The Morgan fingerprint density at radius 3 is 2.72 bits per heavy atom. The molecule has 0 amide bonds. The summed E-state index contributed by atoms with van der Waals surface area (Å²) in [7, 11) is 0. The molecule has 2 aromatic heterocycles. The lowest BCUT2D eigenvalue weighted by Gasteiger charge is -2.31. The summed E-state index contributed by atoms with van der Waals surface area (Å²) in [6.07, 6.45) is 5.60. The average Bonchev–Trinajstić information content (AvgIpc) is 3.70. The quantitative estimate of drug-likeness (QED) is 0.200. The normalized spacial score (nSPS) is 18.7. The lowest BCUT2D eigenvalue weighted by atomic mass is 9.76. The molecule has 240 valence electrons. The van der Waals surface area contributed by atoms with Crippen LogP contribution in [0.2, 0.25) is 0 Å². The lowest BCUT2D eigenvalue weighted by molar-refractivity contribution is -0.136. The number of H-pyrrole nitrogens is 1. The zero-order chi connectivity index (χ0) is 32.5. The molecule has 3 aromatic carbocycles. The van der Waals surface area contributed by atoms with E-state index in [-0.39, 0.29) is 23.1 Å². The standard InChI is InChI=1S/C36H37F2N3O3S2/c1-35(2)14-5-15-36(3,23-7-4-6-22(18-23)8-11-31(42)43)34-41-40-33(46-34)27-19-24(9-10-28(27)37)44-32-26(13-17-45-21-35)25-12-16-39-30(25)20-29(32)38/h4,6-7,9-10,12,16,18-20,39H,5,8,11,13-15,17,21H2,1-3H3,(H,42,43)/t36-/m1/s1. The number of ether oxygens (including phenoxy) is 1. The second-order valence-electron chi connectivity index (χ2n) is 13.0. The Hall–Kier alpha value is -3.76. The highest BCUT2D eigenvalue weighted by Gasteiger charge is 2.34. The third-order valence-electron chi connectivity index (χ3n) is 8.86. The Labute approximate surface area is 275 Å². The van der Waals surface area contributed by atoms with E-state index in [2.05, 4.69) is 48.1 Å². The van der Waals surface area contributed by atoms with Gasteiger partial charge >= 0.3 is 5.97 Å². The molecule has 46 heavy (non-hydrogen) atoms. The molecule has 5 aromatic rings. The van der Waals surface area contributed by atoms with Gasteiger partial charge in [-0.3, -0.25) is 4.79 Å². The number of carboxylic acid groups (broad SMARTS) is 1. The average molecular weight is 662 g/mol. The van der Waals surface area contributed by atoms with E-state index in [1.165, 1.54) is 29.5 Å². The fraction of sp³-hybridized carbons (Fsp3) is 0.361. The van der Waals surface area contributed by atoms with E-state index < -0.39 is 23.0 Å². The van der Waals surface area contributed by atoms with Gasteiger partial charge in [0.2, 0.25) is 0 Å². The molecular formula is C36H37F2N3O3S2. The minimum Gasteiger partial charge on any atom is -0.481 e. The van der Waals surface area contributed by atoms with E-state index >= 15 is 8.78 Å².